The molecule has 0 saturated carbocycles. The molecule has 1 rings (SSSR count). The smallest absolute Gasteiger partial charge is 0.250 e. The number of rotatable bonds is 10. The maximum atomic E-state index is 12.0. The maximum absolute atomic E-state index is 12.0. The van der Waals surface area contributed by atoms with Gasteiger partial charge in [0.2, 0.25) is 10.0 Å². The summed E-state index contributed by atoms with van der Waals surface area (Å²) in [5, 5.41) is 5.12. The Bertz CT molecular complexity index is 457. The minimum atomic E-state index is -3.39. The Hall–Kier alpha value is -0.470. The lowest BCUT2D eigenvalue weighted by molar-refractivity contribution is 0.153. The lowest BCUT2D eigenvalue weighted by atomic mass is 10.3. The number of thiophene rings is 1. The fourth-order valence-corrected chi connectivity index (χ4v) is 3.73. The van der Waals surface area contributed by atoms with Crippen LogP contribution in [-0.2, 0) is 21.3 Å². The molecule has 0 fully saturated rings. The first-order valence-electron chi connectivity index (χ1n) is 6.45. The Labute approximate surface area is 119 Å². The third-order valence-electron chi connectivity index (χ3n) is 2.39. The molecule has 19 heavy (non-hydrogen) atoms. The zero-order valence-electron chi connectivity index (χ0n) is 11.4. The number of nitrogens with one attached hydrogen (secondary N) is 2. The summed E-state index contributed by atoms with van der Waals surface area (Å²) in [5.74, 6) is 0. The maximum Gasteiger partial charge on any atom is 0.250 e. The van der Waals surface area contributed by atoms with E-state index in [-0.39, 0.29) is 0 Å². The van der Waals surface area contributed by atoms with Crippen molar-refractivity contribution >= 4 is 21.4 Å². The van der Waals surface area contributed by atoms with Crippen LogP contribution < -0.4 is 10.0 Å². The average Bonchev–Trinajstić information content (AvgIpc) is 2.85. The predicted octanol–water partition coefficient (Wildman–Crippen LogP) is 1.56. The van der Waals surface area contributed by atoms with Crippen LogP contribution in [0.3, 0.4) is 0 Å². The molecule has 0 radical (unpaired) electrons. The van der Waals surface area contributed by atoms with Crippen molar-refractivity contribution in [3.8, 4) is 0 Å². The van der Waals surface area contributed by atoms with Crippen LogP contribution >= 0.6 is 11.3 Å². The molecule has 0 aliphatic rings. The highest BCUT2D eigenvalue weighted by atomic mass is 32.2. The van der Waals surface area contributed by atoms with E-state index in [4.69, 9.17) is 4.74 Å². The first-order chi connectivity index (χ1) is 9.10. The molecule has 1 aromatic heterocycles. The molecule has 0 atom stereocenters. The summed E-state index contributed by atoms with van der Waals surface area (Å²) >= 11 is 1.25. The van der Waals surface area contributed by atoms with E-state index >= 15 is 0 Å². The molecule has 1 aromatic rings. The van der Waals surface area contributed by atoms with Crippen LogP contribution in [0.15, 0.2) is 15.7 Å². The molecule has 0 aliphatic carbocycles. The Morgan fingerprint density at radius 1 is 1.32 bits per heavy atom. The third-order valence-corrected chi connectivity index (χ3v) is 5.34. The number of sulfonamides is 1. The Balaban J connectivity index is 2.49. The largest absolute Gasteiger partial charge is 0.380 e. The van der Waals surface area contributed by atoms with E-state index in [1.54, 1.807) is 6.07 Å². The highest BCUT2D eigenvalue weighted by molar-refractivity contribution is 7.91. The van der Waals surface area contributed by atoms with Crippen LogP contribution in [0.4, 0.5) is 0 Å². The van der Waals surface area contributed by atoms with Gasteiger partial charge in [0.1, 0.15) is 4.21 Å². The molecule has 0 saturated heterocycles. The van der Waals surface area contributed by atoms with Crippen molar-refractivity contribution in [3.05, 3.63) is 17.0 Å². The zero-order valence-corrected chi connectivity index (χ0v) is 13.1. The lowest BCUT2D eigenvalue weighted by Crippen LogP contribution is -2.26. The van der Waals surface area contributed by atoms with Crippen LogP contribution in [-0.4, -0.2) is 34.7 Å². The van der Waals surface area contributed by atoms with Gasteiger partial charge in [-0.1, -0.05) is 6.92 Å². The van der Waals surface area contributed by atoms with Crippen LogP contribution in [0.2, 0.25) is 0 Å². The third kappa shape index (κ3) is 6.01. The standard InChI is InChI=1S/C12H22N2O3S2/c1-3-5-13-9-11-8-12(18-10-11)19(15,16)14-6-7-17-4-2/h8,10,13-14H,3-7,9H2,1-2H3. The van der Waals surface area contributed by atoms with Crippen LogP contribution in [0.25, 0.3) is 0 Å². The highest BCUT2D eigenvalue weighted by Gasteiger charge is 2.15. The van der Waals surface area contributed by atoms with E-state index in [9.17, 15) is 8.42 Å². The van der Waals surface area contributed by atoms with Gasteiger partial charge in [-0.25, -0.2) is 13.1 Å². The van der Waals surface area contributed by atoms with Gasteiger partial charge >= 0.3 is 0 Å². The van der Waals surface area contributed by atoms with E-state index in [0.29, 0.717) is 30.5 Å². The summed E-state index contributed by atoms with van der Waals surface area (Å²) < 4.78 is 31.9. The summed E-state index contributed by atoms with van der Waals surface area (Å²) in [6, 6.07) is 1.72. The molecule has 2 N–H and O–H groups in total. The second kappa shape index (κ2) is 8.65. The van der Waals surface area contributed by atoms with Crippen LogP contribution in [0.1, 0.15) is 25.8 Å². The summed E-state index contributed by atoms with van der Waals surface area (Å²) in [5.41, 5.74) is 1.00. The fourth-order valence-electron chi connectivity index (χ4n) is 1.46. The van der Waals surface area contributed by atoms with E-state index in [1.165, 1.54) is 11.3 Å². The highest BCUT2D eigenvalue weighted by Crippen LogP contribution is 2.19. The van der Waals surface area contributed by atoms with E-state index in [1.807, 2.05) is 12.3 Å². The van der Waals surface area contributed by atoms with Gasteiger partial charge in [-0.2, -0.15) is 0 Å². The van der Waals surface area contributed by atoms with Gasteiger partial charge in [-0.3, -0.25) is 0 Å². The summed E-state index contributed by atoms with van der Waals surface area (Å²) in [7, 11) is -3.39. The summed E-state index contributed by atoms with van der Waals surface area (Å²) in [6.07, 6.45) is 1.06. The molecule has 0 spiro atoms. The SMILES string of the molecule is CCCNCc1csc(S(=O)(=O)NCCOCC)c1. The van der Waals surface area contributed by atoms with E-state index in [2.05, 4.69) is 17.0 Å². The first-order valence-corrected chi connectivity index (χ1v) is 8.82. The van der Waals surface area contributed by atoms with Crippen molar-refractivity contribution in [1.82, 2.24) is 10.0 Å². The molecule has 0 aliphatic heterocycles. The monoisotopic (exact) mass is 306 g/mol. The molecule has 7 heteroatoms. The van der Waals surface area contributed by atoms with Crippen molar-refractivity contribution in [2.75, 3.05) is 26.3 Å². The van der Waals surface area contributed by atoms with Crippen molar-refractivity contribution in [1.29, 1.82) is 0 Å². The van der Waals surface area contributed by atoms with Gasteiger partial charge in [0.05, 0.1) is 6.61 Å². The topological polar surface area (TPSA) is 67.4 Å². The fraction of sp³-hybridized carbons (Fsp3) is 0.667. The van der Waals surface area contributed by atoms with Gasteiger partial charge in [0.25, 0.3) is 0 Å². The second-order valence-corrected chi connectivity index (χ2v) is 6.95. The molecule has 110 valence electrons. The van der Waals surface area contributed by atoms with Crippen molar-refractivity contribution < 1.29 is 13.2 Å². The molecule has 0 unspecified atom stereocenters. The van der Waals surface area contributed by atoms with Crippen LogP contribution in [0.5, 0.6) is 0 Å². The van der Waals surface area contributed by atoms with E-state index in [0.717, 1.165) is 18.5 Å². The number of ether oxygens (including phenoxy) is 1. The Morgan fingerprint density at radius 2 is 2.11 bits per heavy atom. The molecular formula is C12H22N2O3S2. The van der Waals surface area contributed by atoms with Gasteiger partial charge in [-0.05, 0) is 36.9 Å². The van der Waals surface area contributed by atoms with Crippen LogP contribution in [0, 0.1) is 0 Å². The second-order valence-electron chi connectivity index (χ2n) is 4.05. The zero-order chi connectivity index (χ0) is 14.1. The van der Waals surface area contributed by atoms with Gasteiger partial charge in [0.15, 0.2) is 0 Å². The average molecular weight is 306 g/mol. The Kier molecular flexibility index (Phi) is 7.55. The summed E-state index contributed by atoms with van der Waals surface area (Å²) in [4.78, 5) is 0. The Morgan fingerprint density at radius 3 is 2.79 bits per heavy atom. The molecule has 5 nitrogen and oxygen atoms in total. The van der Waals surface area contributed by atoms with Gasteiger partial charge in [0, 0.05) is 19.7 Å². The minimum absolute atomic E-state index is 0.303. The first kappa shape index (κ1) is 16.6. The normalized spacial score (nSPS) is 11.9. The van der Waals surface area contributed by atoms with Crippen molar-refractivity contribution in [2.45, 2.75) is 31.0 Å². The number of hydrogen-bond acceptors (Lipinski definition) is 5. The predicted molar refractivity (Wildman–Crippen MR) is 78.0 cm³/mol. The quantitative estimate of drug-likeness (QED) is 0.644. The van der Waals surface area contributed by atoms with E-state index < -0.39 is 10.0 Å². The molecule has 0 amide bonds. The van der Waals surface area contributed by atoms with Crippen molar-refractivity contribution in [3.63, 3.8) is 0 Å². The molecule has 0 aromatic carbocycles. The molecular weight excluding hydrogens is 284 g/mol. The lowest BCUT2D eigenvalue weighted by Gasteiger charge is -2.04. The van der Waals surface area contributed by atoms with Gasteiger partial charge < -0.3 is 10.1 Å². The van der Waals surface area contributed by atoms with Gasteiger partial charge in [-0.15, -0.1) is 11.3 Å². The molecule has 0 bridgehead atoms. The number of hydrogen-bond donors (Lipinski definition) is 2. The summed E-state index contributed by atoms with van der Waals surface area (Å²) in [6.45, 7) is 6.91. The van der Waals surface area contributed by atoms with Crippen molar-refractivity contribution in [2.24, 2.45) is 0 Å². The molecule has 1 heterocycles. The minimum Gasteiger partial charge on any atom is -0.380 e.